The Balaban J connectivity index is 2.50. The standard InChI is InChI=1S/C17H21FN2/c1-11-7-12(2)9-15(8-11)20(4)17-6-5-14(18)10-16(17)13(3)19/h5-10,13H,19H2,1-4H3/t13-/m1/s1. The molecule has 0 amide bonds. The van der Waals surface area contributed by atoms with Crippen molar-refractivity contribution >= 4 is 11.4 Å². The van der Waals surface area contributed by atoms with E-state index in [1.807, 2.05) is 14.0 Å². The molecule has 3 heteroatoms. The molecule has 2 nitrogen and oxygen atoms in total. The zero-order valence-corrected chi connectivity index (χ0v) is 12.4. The van der Waals surface area contributed by atoms with Crippen LogP contribution in [-0.4, -0.2) is 7.05 Å². The monoisotopic (exact) mass is 272 g/mol. The van der Waals surface area contributed by atoms with Gasteiger partial charge in [0.2, 0.25) is 0 Å². The molecule has 2 N–H and O–H groups in total. The van der Waals surface area contributed by atoms with Crippen molar-refractivity contribution < 1.29 is 4.39 Å². The summed E-state index contributed by atoms with van der Waals surface area (Å²) in [5, 5.41) is 0. The van der Waals surface area contributed by atoms with Gasteiger partial charge in [-0.1, -0.05) is 6.07 Å². The fourth-order valence-electron chi connectivity index (χ4n) is 2.48. The van der Waals surface area contributed by atoms with Crippen LogP contribution in [0.3, 0.4) is 0 Å². The molecule has 0 radical (unpaired) electrons. The van der Waals surface area contributed by atoms with Crippen LogP contribution in [-0.2, 0) is 0 Å². The molecular formula is C17H21FN2. The fourth-order valence-corrected chi connectivity index (χ4v) is 2.48. The van der Waals surface area contributed by atoms with Crippen LogP contribution < -0.4 is 10.6 Å². The quantitative estimate of drug-likeness (QED) is 0.906. The van der Waals surface area contributed by atoms with Gasteiger partial charge in [0.05, 0.1) is 0 Å². The topological polar surface area (TPSA) is 29.3 Å². The van der Waals surface area contributed by atoms with Crippen molar-refractivity contribution in [1.82, 2.24) is 0 Å². The molecule has 2 aromatic rings. The molecule has 0 aliphatic rings. The largest absolute Gasteiger partial charge is 0.344 e. The molecule has 0 aliphatic heterocycles. The Morgan fingerprint density at radius 3 is 2.20 bits per heavy atom. The number of rotatable bonds is 3. The normalized spacial score (nSPS) is 12.3. The van der Waals surface area contributed by atoms with Gasteiger partial charge in [0.1, 0.15) is 5.82 Å². The maximum Gasteiger partial charge on any atom is 0.123 e. The minimum atomic E-state index is -0.255. The van der Waals surface area contributed by atoms with Crippen LogP contribution in [0.5, 0.6) is 0 Å². The van der Waals surface area contributed by atoms with Crippen molar-refractivity contribution in [1.29, 1.82) is 0 Å². The van der Waals surface area contributed by atoms with Gasteiger partial charge in [0, 0.05) is 24.5 Å². The first-order chi connectivity index (χ1) is 9.38. The molecular weight excluding hydrogens is 251 g/mol. The van der Waals surface area contributed by atoms with E-state index in [-0.39, 0.29) is 11.9 Å². The van der Waals surface area contributed by atoms with Gasteiger partial charge in [-0.15, -0.1) is 0 Å². The van der Waals surface area contributed by atoms with Crippen LogP contribution in [0.25, 0.3) is 0 Å². The minimum Gasteiger partial charge on any atom is -0.344 e. The van der Waals surface area contributed by atoms with Gasteiger partial charge in [-0.25, -0.2) is 4.39 Å². The van der Waals surface area contributed by atoms with Crippen LogP contribution in [0.1, 0.15) is 29.7 Å². The van der Waals surface area contributed by atoms with Crippen LogP contribution in [0, 0.1) is 19.7 Å². The van der Waals surface area contributed by atoms with E-state index in [0.717, 1.165) is 16.9 Å². The first kappa shape index (κ1) is 14.5. The highest BCUT2D eigenvalue weighted by atomic mass is 19.1. The van der Waals surface area contributed by atoms with Crippen LogP contribution >= 0.6 is 0 Å². The second kappa shape index (κ2) is 5.63. The van der Waals surface area contributed by atoms with Crippen molar-refractivity contribution in [2.75, 3.05) is 11.9 Å². The van der Waals surface area contributed by atoms with Crippen LogP contribution in [0.15, 0.2) is 36.4 Å². The lowest BCUT2D eigenvalue weighted by atomic mass is 10.0. The van der Waals surface area contributed by atoms with Gasteiger partial charge < -0.3 is 10.6 Å². The SMILES string of the molecule is Cc1cc(C)cc(N(C)c2ccc(F)cc2[C@@H](C)N)c1. The Hall–Kier alpha value is -1.87. The summed E-state index contributed by atoms with van der Waals surface area (Å²) < 4.78 is 13.4. The lowest BCUT2D eigenvalue weighted by molar-refractivity contribution is 0.622. The summed E-state index contributed by atoms with van der Waals surface area (Å²) in [6.45, 7) is 6.01. The molecule has 0 aromatic heterocycles. The van der Waals surface area contributed by atoms with Crippen molar-refractivity contribution in [3.05, 3.63) is 58.9 Å². The molecule has 20 heavy (non-hydrogen) atoms. The molecule has 0 bridgehead atoms. The number of benzene rings is 2. The maximum absolute atomic E-state index is 13.4. The highest BCUT2D eigenvalue weighted by Gasteiger charge is 2.13. The van der Waals surface area contributed by atoms with E-state index in [1.54, 1.807) is 6.07 Å². The Morgan fingerprint density at radius 1 is 1.05 bits per heavy atom. The first-order valence-electron chi connectivity index (χ1n) is 6.75. The van der Waals surface area contributed by atoms with Gasteiger partial charge in [-0.3, -0.25) is 0 Å². The molecule has 0 saturated carbocycles. The van der Waals surface area contributed by atoms with Crippen molar-refractivity contribution in [3.8, 4) is 0 Å². The molecule has 0 saturated heterocycles. The molecule has 2 aromatic carbocycles. The Kier molecular flexibility index (Phi) is 4.09. The Labute approximate surface area is 120 Å². The maximum atomic E-state index is 13.4. The predicted molar refractivity (Wildman–Crippen MR) is 83.0 cm³/mol. The highest BCUT2D eigenvalue weighted by molar-refractivity contribution is 5.67. The second-order valence-corrected chi connectivity index (χ2v) is 5.40. The summed E-state index contributed by atoms with van der Waals surface area (Å²) in [6, 6.07) is 10.9. The molecule has 2 rings (SSSR count). The Bertz CT molecular complexity index is 600. The van der Waals surface area contributed by atoms with Crippen molar-refractivity contribution in [2.45, 2.75) is 26.8 Å². The number of hydrogen-bond donors (Lipinski definition) is 1. The number of aryl methyl sites for hydroxylation is 2. The number of halogens is 1. The summed E-state index contributed by atoms with van der Waals surface area (Å²) in [6.07, 6.45) is 0. The molecule has 1 atom stereocenters. The van der Waals surface area contributed by atoms with Gasteiger partial charge in [0.15, 0.2) is 0 Å². The zero-order chi connectivity index (χ0) is 14.9. The third-order valence-electron chi connectivity index (χ3n) is 3.44. The van der Waals surface area contributed by atoms with E-state index in [2.05, 4.69) is 36.9 Å². The molecule has 106 valence electrons. The van der Waals surface area contributed by atoms with Gasteiger partial charge in [-0.05, 0) is 67.8 Å². The minimum absolute atomic E-state index is 0.214. The third-order valence-corrected chi connectivity index (χ3v) is 3.44. The van der Waals surface area contributed by atoms with Crippen molar-refractivity contribution in [2.24, 2.45) is 5.73 Å². The van der Waals surface area contributed by atoms with Gasteiger partial charge >= 0.3 is 0 Å². The van der Waals surface area contributed by atoms with Crippen molar-refractivity contribution in [3.63, 3.8) is 0 Å². The smallest absolute Gasteiger partial charge is 0.123 e. The zero-order valence-electron chi connectivity index (χ0n) is 12.4. The van der Waals surface area contributed by atoms with Crippen LogP contribution in [0.4, 0.5) is 15.8 Å². The van der Waals surface area contributed by atoms with E-state index in [4.69, 9.17) is 5.73 Å². The van der Waals surface area contributed by atoms with E-state index in [0.29, 0.717) is 0 Å². The van der Waals surface area contributed by atoms with E-state index in [9.17, 15) is 4.39 Å². The predicted octanol–water partition coefficient (Wildman–Crippen LogP) is 4.23. The average molecular weight is 272 g/mol. The third kappa shape index (κ3) is 2.99. The molecule has 0 spiro atoms. The Morgan fingerprint density at radius 2 is 1.65 bits per heavy atom. The highest BCUT2D eigenvalue weighted by Crippen LogP contribution is 2.31. The summed E-state index contributed by atoms with van der Waals surface area (Å²) in [7, 11) is 1.98. The number of anilines is 2. The lowest BCUT2D eigenvalue weighted by Gasteiger charge is -2.25. The average Bonchev–Trinajstić information content (AvgIpc) is 2.36. The van der Waals surface area contributed by atoms with Gasteiger partial charge in [0.25, 0.3) is 0 Å². The summed E-state index contributed by atoms with van der Waals surface area (Å²) in [5.41, 5.74) is 11.2. The molecule has 0 heterocycles. The second-order valence-electron chi connectivity index (χ2n) is 5.40. The van der Waals surface area contributed by atoms with E-state index in [1.165, 1.54) is 23.3 Å². The number of nitrogens with zero attached hydrogens (tertiary/aromatic N) is 1. The summed E-state index contributed by atoms with van der Waals surface area (Å²) >= 11 is 0. The number of hydrogen-bond acceptors (Lipinski definition) is 2. The molecule has 0 fully saturated rings. The fraction of sp³-hybridized carbons (Fsp3) is 0.294. The van der Waals surface area contributed by atoms with E-state index >= 15 is 0 Å². The van der Waals surface area contributed by atoms with Gasteiger partial charge in [-0.2, -0.15) is 0 Å². The van der Waals surface area contributed by atoms with E-state index < -0.39 is 0 Å². The number of nitrogens with two attached hydrogens (primary N) is 1. The first-order valence-corrected chi connectivity index (χ1v) is 6.75. The van der Waals surface area contributed by atoms with Crippen LogP contribution in [0.2, 0.25) is 0 Å². The molecule has 0 aliphatic carbocycles. The summed E-state index contributed by atoms with van der Waals surface area (Å²) in [5.74, 6) is -0.255. The lowest BCUT2D eigenvalue weighted by Crippen LogP contribution is -2.16. The summed E-state index contributed by atoms with van der Waals surface area (Å²) in [4.78, 5) is 2.05. The molecule has 0 unspecified atom stereocenters.